The number of hydrogen-bond donors (Lipinski definition) is 2. The number of nitrogens with zero attached hydrogens (tertiary/aromatic N) is 1. The Morgan fingerprint density at radius 3 is 2.60 bits per heavy atom. The van der Waals surface area contributed by atoms with Gasteiger partial charge in [-0.3, -0.25) is 9.78 Å². The summed E-state index contributed by atoms with van der Waals surface area (Å²) in [5.41, 5.74) is 4.87. The molecule has 0 spiro atoms. The van der Waals surface area contributed by atoms with E-state index in [1.54, 1.807) is 7.05 Å². The summed E-state index contributed by atoms with van der Waals surface area (Å²) in [6.45, 7) is 4.67. The Hall–Kier alpha value is -2.36. The second-order valence-electron chi connectivity index (χ2n) is 4.79. The minimum Gasteiger partial charge on any atom is -0.379 e. The van der Waals surface area contributed by atoms with E-state index in [1.165, 1.54) is 0 Å². The van der Waals surface area contributed by atoms with E-state index >= 15 is 0 Å². The van der Waals surface area contributed by atoms with E-state index in [4.69, 9.17) is 0 Å². The summed E-state index contributed by atoms with van der Waals surface area (Å²) < 4.78 is 0. The van der Waals surface area contributed by atoms with Gasteiger partial charge in [0.1, 0.15) is 0 Å². The first-order chi connectivity index (χ1) is 9.60. The third-order valence-corrected chi connectivity index (χ3v) is 3.15. The number of hydrogen-bond acceptors (Lipinski definition) is 3. The van der Waals surface area contributed by atoms with Gasteiger partial charge in [0.2, 0.25) is 0 Å². The molecule has 0 saturated carbocycles. The molecule has 0 aliphatic heterocycles. The molecule has 0 unspecified atom stereocenters. The van der Waals surface area contributed by atoms with Gasteiger partial charge < -0.3 is 10.6 Å². The van der Waals surface area contributed by atoms with Crippen molar-refractivity contribution >= 4 is 11.6 Å². The molecule has 0 fully saturated rings. The van der Waals surface area contributed by atoms with E-state index < -0.39 is 0 Å². The van der Waals surface area contributed by atoms with Crippen LogP contribution in [0.25, 0.3) is 0 Å². The molecule has 1 aromatic carbocycles. The van der Waals surface area contributed by atoms with Gasteiger partial charge in [-0.15, -0.1) is 0 Å². The van der Waals surface area contributed by atoms with E-state index in [2.05, 4.69) is 15.6 Å². The van der Waals surface area contributed by atoms with E-state index in [0.717, 1.165) is 22.5 Å². The molecular formula is C16H19N3O. The summed E-state index contributed by atoms with van der Waals surface area (Å²) >= 11 is 0. The van der Waals surface area contributed by atoms with Crippen molar-refractivity contribution in [3.8, 4) is 0 Å². The Morgan fingerprint density at radius 1 is 1.20 bits per heavy atom. The zero-order valence-corrected chi connectivity index (χ0v) is 12.0. The number of rotatable bonds is 4. The molecule has 2 N–H and O–H groups in total. The van der Waals surface area contributed by atoms with Crippen LogP contribution in [0.3, 0.4) is 0 Å². The quantitative estimate of drug-likeness (QED) is 0.897. The second-order valence-corrected chi connectivity index (χ2v) is 4.79. The van der Waals surface area contributed by atoms with Gasteiger partial charge in [-0.05, 0) is 49.2 Å². The summed E-state index contributed by atoms with van der Waals surface area (Å²) in [5.74, 6) is -0.0696. The maximum Gasteiger partial charge on any atom is 0.251 e. The van der Waals surface area contributed by atoms with Crippen molar-refractivity contribution in [1.29, 1.82) is 0 Å². The van der Waals surface area contributed by atoms with Gasteiger partial charge in [0.15, 0.2) is 0 Å². The molecule has 0 radical (unpaired) electrons. The maximum absolute atomic E-state index is 11.5. The van der Waals surface area contributed by atoms with Crippen molar-refractivity contribution in [2.75, 3.05) is 12.4 Å². The molecule has 20 heavy (non-hydrogen) atoms. The summed E-state index contributed by atoms with van der Waals surface area (Å²) in [6, 6.07) is 9.68. The van der Waals surface area contributed by atoms with E-state index in [1.807, 2.05) is 50.4 Å². The number of aryl methyl sites for hydroxylation is 2. The van der Waals surface area contributed by atoms with Crippen molar-refractivity contribution < 1.29 is 4.79 Å². The van der Waals surface area contributed by atoms with Crippen molar-refractivity contribution in [3.63, 3.8) is 0 Å². The van der Waals surface area contributed by atoms with Crippen LogP contribution in [0, 0.1) is 13.8 Å². The predicted octanol–water partition coefficient (Wildman–Crippen LogP) is 2.67. The molecule has 0 atom stereocenters. The molecule has 2 rings (SSSR count). The average molecular weight is 269 g/mol. The van der Waals surface area contributed by atoms with Crippen LogP contribution in [0.4, 0.5) is 5.69 Å². The molecule has 4 heteroatoms. The zero-order chi connectivity index (χ0) is 14.5. The number of nitrogens with one attached hydrogen (secondary N) is 2. The Balaban J connectivity index is 2.06. The van der Waals surface area contributed by atoms with Crippen molar-refractivity contribution in [2.45, 2.75) is 20.4 Å². The monoisotopic (exact) mass is 269 g/mol. The van der Waals surface area contributed by atoms with E-state index in [9.17, 15) is 4.79 Å². The summed E-state index contributed by atoms with van der Waals surface area (Å²) in [5, 5.41) is 5.96. The van der Waals surface area contributed by atoms with Crippen LogP contribution in [-0.2, 0) is 6.54 Å². The highest BCUT2D eigenvalue weighted by Gasteiger charge is 2.05. The lowest BCUT2D eigenvalue weighted by Crippen LogP contribution is -2.17. The standard InChI is InChI=1S/C16H19N3O/c1-11-4-6-14(18-9-11)10-19-15-7-5-13(8-12(15)2)16(20)17-3/h4-9,19H,10H2,1-3H3,(H,17,20). The van der Waals surface area contributed by atoms with Gasteiger partial charge in [0.05, 0.1) is 12.2 Å². The van der Waals surface area contributed by atoms with Gasteiger partial charge in [-0.1, -0.05) is 6.07 Å². The molecular weight excluding hydrogens is 250 g/mol. The Labute approximate surface area is 119 Å². The highest BCUT2D eigenvalue weighted by atomic mass is 16.1. The van der Waals surface area contributed by atoms with Gasteiger partial charge in [0.25, 0.3) is 5.91 Å². The van der Waals surface area contributed by atoms with Crippen molar-refractivity contribution in [1.82, 2.24) is 10.3 Å². The van der Waals surface area contributed by atoms with Crippen molar-refractivity contribution in [2.24, 2.45) is 0 Å². The highest BCUT2D eigenvalue weighted by Crippen LogP contribution is 2.17. The fourth-order valence-corrected chi connectivity index (χ4v) is 1.94. The topological polar surface area (TPSA) is 54.0 Å². The SMILES string of the molecule is CNC(=O)c1ccc(NCc2ccc(C)cn2)c(C)c1. The Kier molecular flexibility index (Phi) is 4.35. The molecule has 0 saturated heterocycles. The molecule has 2 aromatic rings. The Morgan fingerprint density at radius 2 is 2.00 bits per heavy atom. The maximum atomic E-state index is 11.5. The molecule has 1 amide bonds. The van der Waals surface area contributed by atoms with Crippen LogP contribution in [0.5, 0.6) is 0 Å². The van der Waals surface area contributed by atoms with Gasteiger partial charge in [-0.2, -0.15) is 0 Å². The smallest absolute Gasteiger partial charge is 0.251 e. The minimum atomic E-state index is -0.0696. The average Bonchev–Trinajstić information content (AvgIpc) is 2.46. The molecule has 104 valence electrons. The lowest BCUT2D eigenvalue weighted by Gasteiger charge is -2.10. The highest BCUT2D eigenvalue weighted by molar-refractivity contribution is 5.94. The zero-order valence-electron chi connectivity index (χ0n) is 12.0. The fraction of sp³-hybridized carbons (Fsp3) is 0.250. The largest absolute Gasteiger partial charge is 0.379 e. The van der Waals surface area contributed by atoms with E-state index in [-0.39, 0.29) is 5.91 Å². The van der Waals surface area contributed by atoms with Crippen molar-refractivity contribution in [3.05, 3.63) is 58.9 Å². The predicted molar refractivity (Wildman–Crippen MR) is 80.9 cm³/mol. The minimum absolute atomic E-state index is 0.0696. The molecule has 1 aromatic heterocycles. The van der Waals surface area contributed by atoms with Crippen LogP contribution in [0.15, 0.2) is 36.5 Å². The number of benzene rings is 1. The van der Waals surface area contributed by atoms with Gasteiger partial charge in [-0.25, -0.2) is 0 Å². The normalized spacial score (nSPS) is 10.2. The van der Waals surface area contributed by atoms with Crippen LogP contribution in [0.2, 0.25) is 0 Å². The number of carbonyl (C=O) groups is 1. The molecule has 0 bridgehead atoms. The Bertz CT molecular complexity index is 606. The second kappa shape index (κ2) is 6.19. The molecule has 1 heterocycles. The first-order valence-electron chi connectivity index (χ1n) is 6.58. The van der Waals surface area contributed by atoms with E-state index in [0.29, 0.717) is 12.1 Å². The van der Waals surface area contributed by atoms with Crippen LogP contribution < -0.4 is 10.6 Å². The fourth-order valence-electron chi connectivity index (χ4n) is 1.94. The summed E-state index contributed by atoms with van der Waals surface area (Å²) in [7, 11) is 1.63. The van der Waals surface area contributed by atoms with Crippen LogP contribution in [-0.4, -0.2) is 17.9 Å². The number of carbonyl (C=O) groups excluding carboxylic acids is 1. The van der Waals surface area contributed by atoms with Gasteiger partial charge >= 0.3 is 0 Å². The number of pyridine rings is 1. The number of amides is 1. The third kappa shape index (κ3) is 3.35. The number of aromatic nitrogens is 1. The first kappa shape index (κ1) is 14.1. The lowest BCUT2D eigenvalue weighted by atomic mass is 10.1. The summed E-state index contributed by atoms with van der Waals surface area (Å²) in [6.07, 6.45) is 1.86. The van der Waals surface area contributed by atoms with Crippen LogP contribution >= 0.6 is 0 Å². The first-order valence-corrected chi connectivity index (χ1v) is 6.58. The number of anilines is 1. The molecule has 0 aliphatic rings. The lowest BCUT2D eigenvalue weighted by molar-refractivity contribution is 0.0963. The third-order valence-electron chi connectivity index (χ3n) is 3.15. The summed E-state index contributed by atoms with van der Waals surface area (Å²) in [4.78, 5) is 15.9. The molecule has 4 nitrogen and oxygen atoms in total. The van der Waals surface area contributed by atoms with Gasteiger partial charge in [0, 0.05) is 24.5 Å². The van der Waals surface area contributed by atoms with Crippen LogP contribution in [0.1, 0.15) is 27.2 Å². The molecule has 0 aliphatic carbocycles.